The molecule has 3 nitrogen and oxygen atoms in total. The monoisotopic (exact) mass is 230 g/mol. The molecule has 4 atom stereocenters. The van der Waals surface area contributed by atoms with Crippen LogP contribution in [0.4, 0.5) is 0 Å². The molecule has 0 saturated carbocycles. The summed E-state index contributed by atoms with van der Waals surface area (Å²) in [7, 11) is 0. The van der Waals surface area contributed by atoms with Gasteiger partial charge in [0.15, 0.2) is 0 Å². The highest BCUT2D eigenvalue weighted by Gasteiger charge is 2.41. The number of nitrogens with zero attached hydrogens (tertiary/aromatic N) is 1. The summed E-state index contributed by atoms with van der Waals surface area (Å²) in [4.78, 5) is 13.3. The number of piperidine rings is 1. The Kier molecular flexibility index (Phi) is 2.85. The van der Waals surface area contributed by atoms with Crippen molar-refractivity contribution in [3.63, 3.8) is 0 Å². The molecule has 0 N–H and O–H groups in total. The van der Waals surface area contributed by atoms with Crippen LogP contribution in [0.1, 0.15) is 12.8 Å². The molecule has 17 heavy (non-hydrogen) atoms. The molecule has 1 aromatic carbocycles. The molecule has 2 heterocycles. The number of hydrogen-bond donors (Lipinski definition) is 0. The summed E-state index contributed by atoms with van der Waals surface area (Å²) in [6.45, 7) is 2.05. The second-order valence-corrected chi connectivity index (χ2v) is 4.92. The number of carbonyl (C=O) groups excluding carboxylic acids is 1. The Labute approximate surface area is 101 Å². The van der Waals surface area contributed by atoms with E-state index in [4.69, 9.17) is 4.74 Å². The van der Waals surface area contributed by atoms with E-state index in [0.29, 0.717) is 5.92 Å². The Morgan fingerprint density at radius 3 is 2.88 bits per heavy atom. The first-order chi connectivity index (χ1) is 8.36. The summed E-state index contributed by atoms with van der Waals surface area (Å²) in [5, 5.41) is 0. The number of fused-ring (bicyclic) bond motifs is 2. The third kappa shape index (κ3) is 2.07. The summed E-state index contributed by atoms with van der Waals surface area (Å²) < 4.78 is 5.94. The smallest absolute Gasteiger partial charge is 0.221 e. The van der Waals surface area contributed by atoms with Crippen molar-refractivity contribution in [2.24, 2.45) is 5.92 Å². The van der Waals surface area contributed by atoms with Crippen LogP contribution in [-0.2, 0) is 4.79 Å². The molecule has 1 aromatic rings. The minimum Gasteiger partial charge on any atom is -0.488 e. The van der Waals surface area contributed by atoms with Crippen LogP contribution in [0.5, 0.6) is 5.75 Å². The molecule has 0 amide bonds. The van der Waals surface area contributed by atoms with Gasteiger partial charge >= 0.3 is 0 Å². The van der Waals surface area contributed by atoms with Gasteiger partial charge < -0.3 is 4.74 Å². The first-order valence-corrected chi connectivity index (χ1v) is 6.20. The molecule has 1 radical (unpaired) electrons. The first kappa shape index (κ1) is 10.8. The molecule has 89 valence electrons. The maximum absolute atomic E-state index is 11.1. The zero-order chi connectivity index (χ0) is 11.7. The van der Waals surface area contributed by atoms with E-state index in [1.54, 1.807) is 0 Å². The van der Waals surface area contributed by atoms with E-state index in [0.717, 1.165) is 25.3 Å². The Morgan fingerprint density at radius 2 is 2.12 bits per heavy atom. The molecule has 0 aromatic heterocycles. The second kappa shape index (κ2) is 4.49. The summed E-state index contributed by atoms with van der Waals surface area (Å²) in [6, 6.07) is 9.55. The topological polar surface area (TPSA) is 29.5 Å². The predicted octanol–water partition coefficient (Wildman–Crippen LogP) is 1.64. The standard InChI is InChI=1S/C14H16NO2/c16-10-13-14(8-11-6-7-15(13)9-11)17-12-4-2-1-3-5-12/h1-5,11,13-14H,6-9H2. The van der Waals surface area contributed by atoms with Gasteiger partial charge in [0, 0.05) is 6.54 Å². The van der Waals surface area contributed by atoms with E-state index in [9.17, 15) is 4.79 Å². The molecule has 2 fully saturated rings. The van der Waals surface area contributed by atoms with E-state index >= 15 is 0 Å². The van der Waals surface area contributed by atoms with Crippen molar-refractivity contribution in [3.8, 4) is 5.75 Å². The molecular formula is C14H16NO2. The minimum atomic E-state index is -0.186. The normalized spacial score (nSPS) is 35.5. The molecule has 3 heteroatoms. The van der Waals surface area contributed by atoms with Gasteiger partial charge in [0.1, 0.15) is 17.9 Å². The van der Waals surface area contributed by atoms with Gasteiger partial charge in [-0.3, -0.25) is 9.69 Å². The molecular weight excluding hydrogens is 214 g/mol. The SMILES string of the molecule is O=[C]C1C(Oc2ccccc2)CC2CCN1C2. The highest BCUT2D eigenvalue weighted by atomic mass is 16.5. The lowest BCUT2D eigenvalue weighted by Crippen LogP contribution is -2.50. The second-order valence-electron chi connectivity index (χ2n) is 4.92. The van der Waals surface area contributed by atoms with Crippen LogP contribution >= 0.6 is 0 Å². The lowest BCUT2D eigenvalue weighted by molar-refractivity contribution is 0.0693. The highest BCUT2D eigenvalue weighted by molar-refractivity contribution is 5.60. The maximum atomic E-state index is 11.1. The highest BCUT2D eigenvalue weighted by Crippen LogP contribution is 2.32. The summed E-state index contributed by atoms with van der Waals surface area (Å²) in [5.74, 6) is 1.54. The fourth-order valence-electron chi connectivity index (χ4n) is 2.94. The van der Waals surface area contributed by atoms with Gasteiger partial charge in [-0.05, 0) is 37.4 Å². The van der Waals surface area contributed by atoms with Crippen LogP contribution < -0.4 is 4.74 Å². The Hall–Kier alpha value is -1.35. The summed E-state index contributed by atoms with van der Waals surface area (Å²) >= 11 is 0. The van der Waals surface area contributed by atoms with Crippen molar-refractivity contribution >= 4 is 6.29 Å². The van der Waals surface area contributed by atoms with Crippen LogP contribution in [0, 0.1) is 5.92 Å². The van der Waals surface area contributed by atoms with Crippen molar-refractivity contribution in [2.45, 2.75) is 25.0 Å². The zero-order valence-corrected chi connectivity index (χ0v) is 9.71. The number of rotatable bonds is 3. The predicted molar refractivity (Wildman–Crippen MR) is 64.6 cm³/mol. The van der Waals surface area contributed by atoms with E-state index < -0.39 is 0 Å². The third-order valence-corrected chi connectivity index (χ3v) is 3.78. The summed E-state index contributed by atoms with van der Waals surface area (Å²) in [5.41, 5.74) is 0. The van der Waals surface area contributed by atoms with E-state index in [1.165, 1.54) is 6.42 Å². The Morgan fingerprint density at radius 1 is 1.29 bits per heavy atom. The largest absolute Gasteiger partial charge is 0.488 e. The number of ether oxygens (including phenoxy) is 1. The molecule has 3 rings (SSSR count). The van der Waals surface area contributed by atoms with E-state index in [-0.39, 0.29) is 12.1 Å². The van der Waals surface area contributed by atoms with Gasteiger partial charge in [-0.15, -0.1) is 0 Å². The van der Waals surface area contributed by atoms with E-state index in [2.05, 4.69) is 11.2 Å². The van der Waals surface area contributed by atoms with Crippen molar-refractivity contribution < 1.29 is 9.53 Å². The van der Waals surface area contributed by atoms with Crippen LogP contribution in [0.3, 0.4) is 0 Å². The average Bonchev–Trinajstić information content (AvgIpc) is 2.74. The minimum absolute atomic E-state index is 0.0313. The number of para-hydroxylation sites is 1. The number of benzene rings is 1. The summed E-state index contributed by atoms with van der Waals surface area (Å²) in [6.07, 6.45) is 4.29. The molecule has 2 aliphatic heterocycles. The fourth-order valence-corrected chi connectivity index (χ4v) is 2.94. The first-order valence-electron chi connectivity index (χ1n) is 6.20. The van der Waals surface area contributed by atoms with E-state index in [1.807, 2.05) is 30.3 Å². The van der Waals surface area contributed by atoms with Gasteiger partial charge in [-0.25, -0.2) is 0 Å². The van der Waals surface area contributed by atoms with Gasteiger partial charge in [-0.2, -0.15) is 0 Å². The van der Waals surface area contributed by atoms with Crippen molar-refractivity contribution in [2.75, 3.05) is 13.1 Å². The average molecular weight is 230 g/mol. The van der Waals surface area contributed by atoms with Crippen LogP contribution in [0.15, 0.2) is 30.3 Å². The molecule has 2 aliphatic rings. The maximum Gasteiger partial charge on any atom is 0.221 e. The zero-order valence-electron chi connectivity index (χ0n) is 9.71. The van der Waals surface area contributed by atoms with Crippen LogP contribution in [0.2, 0.25) is 0 Å². The molecule has 4 unspecified atom stereocenters. The Balaban J connectivity index is 1.75. The fraction of sp³-hybridized carbons (Fsp3) is 0.500. The van der Waals surface area contributed by atoms with Gasteiger partial charge in [0.05, 0.1) is 0 Å². The Bertz CT molecular complexity index is 392. The van der Waals surface area contributed by atoms with Crippen molar-refractivity contribution in [1.82, 2.24) is 4.90 Å². The lowest BCUT2D eigenvalue weighted by Gasteiger charge is -2.35. The van der Waals surface area contributed by atoms with Gasteiger partial charge in [-0.1, -0.05) is 18.2 Å². The van der Waals surface area contributed by atoms with Gasteiger partial charge in [0.2, 0.25) is 6.29 Å². The van der Waals surface area contributed by atoms with Crippen LogP contribution in [-0.4, -0.2) is 36.4 Å². The third-order valence-electron chi connectivity index (χ3n) is 3.78. The molecule has 2 bridgehead atoms. The van der Waals surface area contributed by atoms with Crippen molar-refractivity contribution in [1.29, 1.82) is 0 Å². The lowest BCUT2D eigenvalue weighted by atomic mass is 9.94. The molecule has 0 aliphatic carbocycles. The molecule has 0 spiro atoms. The van der Waals surface area contributed by atoms with Crippen LogP contribution in [0.25, 0.3) is 0 Å². The quantitative estimate of drug-likeness (QED) is 0.790. The van der Waals surface area contributed by atoms with Gasteiger partial charge in [0.25, 0.3) is 0 Å². The number of hydrogen-bond acceptors (Lipinski definition) is 3. The van der Waals surface area contributed by atoms with Crippen molar-refractivity contribution in [3.05, 3.63) is 30.3 Å². The molecule has 2 saturated heterocycles.